The van der Waals surface area contributed by atoms with E-state index in [2.05, 4.69) is 15.0 Å². The summed E-state index contributed by atoms with van der Waals surface area (Å²) in [5.41, 5.74) is 0.951. The number of nitrogens with zero attached hydrogens (tertiary/aromatic N) is 1. The number of phenols is 1. The van der Waals surface area contributed by atoms with Gasteiger partial charge < -0.3 is 15.2 Å². The molecule has 1 amide bonds. The second-order valence-corrected chi connectivity index (χ2v) is 13.5. The van der Waals surface area contributed by atoms with Crippen molar-refractivity contribution in [3.8, 4) is 16.9 Å². The van der Waals surface area contributed by atoms with Crippen LogP contribution in [0.2, 0.25) is 0 Å². The summed E-state index contributed by atoms with van der Waals surface area (Å²) in [7, 11) is -2.47. The zero-order valence-electron chi connectivity index (χ0n) is 24.0. The molecule has 0 aliphatic rings. The minimum atomic E-state index is -4.53. The van der Waals surface area contributed by atoms with Gasteiger partial charge in [0.1, 0.15) is 11.4 Å². The SMILES string of the molecule is COC[C@H](Cc1ccc(O)cc1)NC(=O)c1cc(NS(=O)(=O)C(C)(C)C)c2cc(-c3cccc(C(F)(F)F)c3)ccc2n1. The quantitative estimate of drug-likeness (QED) is 0.208. The lowest BCUT2D eigenvalue weighted by Crippen LogP contribution is -2.40. The van der Waals surface area contributed by atoms with Crippen LogP contribution in [-0.4, -0.2) is 48.9 Å². The minimum absolute atomic E-state index is 0.0562. The Bertz CT molecular complexity index is 1730. The van der Waals surface area contributed by atoms with Crippen LogP contribution in [0.1, 0.15) is 42.4 Å². The van der Waals surface area contributed by atoms with Gasteiger partial charge in [0.25, 0.3) is 5.91 Å². The number of anilines is 1. The van der Waals surface area contributed by atoms with E-state index in [0.717, 1.165) is 17.7 Å². The van der Waals surface area contributed by atoms with Crippen LogP contribution >= 0.6 is 0 Å². The lowest BCUT2D eigenvalue weighted by Gasteiger charge is -2.22. The van der Waals surface area contributed by atoms with E-state index in [0.29, 0.717) is 17.4 Å². The number of hydrogen-bond donors (Lipinski definition) is 3. The van der Waals surface area contributed by atoms with Gasteiger partial charge in [-0.05, 0) is 86.3 Å². The monoisotopic (exact) mass is 615 g/mol. The van der Waals surface area contributed by atoms with E-state index in [9.17, 15) is 31.5 Å². The number of nitrogens with one attached hydrogen (secondary N) is 2. The Morgan fingerprint density at radius 2 is 1.65 bits per heavy atom. The van der Waals surface area contributed by atoms with Gasteiger partial charge in [-0.2, -0.15) is 13.2 Å². The lowest BCUT2D eigenvalue weighted by atomic mass is 10.00. The van der Waals surface area contributed by atoms with E-state index in [1.807, 2.05) is 0 Å². The molecule has 4 aromatic rings. The fraction of sp³-hybridized carbons (Fsp3) is 0.290. The molecule has 12 heteroatoms. The number of halogens is 3. The summed E-state index contributed by atoms with van der Waals surface area (Å²) in [6.45, 7) is 4.71. The molecular weight excluding hydrogens is 583 g/mol. The molecule has 1 aromatic heterocycles. The third kappa shape index (κ3) is 7.63. The summed E-state index contributed by atoms with van der Waals surface area (Å²) in [6.07, 6.45) is -4.15. The Morgan fingerprint density at radius 3 is 2.28 bits per heavy atom. The van der Waals surface area contributed by atoms with Crippen molar-refractivity contribution in [3.63, 3.8) is 0 Å². The molecule has 8 nitrogen and oxygen atoms in total. The fourth-order valence-electron chi connectivity index (χ4n) is 4.31. The maximum Gasteiger partial charge on any atom is 0.416 e. The fourth-order valence-corrected chi connectivity index (χ4v) is 5.07. The van der Waals surface area contributed by atoms with Gasteiger partial charge in [0, 0.05) is 12.5 Å². The molecule has 0 unspecified atom stereocenters. The maximum absolute atomic E-state index is 13.4. The summed E-state index contributed by atoms with van der Waals surface area (Å²) < 4.78 is 73.0. The Labute approximate surface area is 248 Å². The second kappa shape index (κ2) is 12.2. The van der Waals surface area contributed by atoms with Crippen molar-refractivity contribution in [1.82, 2.24) is 10.3 Å². The number of methoxy groups -OCH3 is 1. The minimum Gasteiger partial charge on any atom is -0.508 e. The first-order valence-electron chi connectivity index (χ1n) is 13.3. The van der Waals surface area contributed by atoms with Crippen LogP contribution in [0.25, 0.3) is 22.0 Å². The average molecular weight is 616 g/mol. The van der Waals surface area contributed by atoms with Crippen LogP contribution in [0.15, 0.2) is 72.8 Å². The highest BCUT2D eigenvalue weighted by atomic mass is 32.2. The normalized spacial score (nSPS) is 13.1. The molecule has 0 radical (unpaired) electrons. The number of rotatable bonds is 9. The van der Waals surface area contributed by atoms with E-state index in [1.54, 1.807) is 24.3 Å². The number of carbonyl (C=O) groups excluding carboxylic acids is 1. The van der Waals surface area contributed by atoms with Crippen LogP contribution in [-0.2, 0) is 27.4 Å². The van der Waals surface area contributed by atoms with Gasteiger partial charge in [0.2, 0.25) is 10.0 Å². The predicted octanol–water partition coefficient (Wildman–Crippen LogP) is 6.15. The molecule has 4 rings (SSSR count). The van der Waals surface area contributed by atoms with E-state index in [-0.39, 0.29) is 34.8 Å². The molecule has 43 heavy (non-hydrogen) atoms. The van der Waals surface area contributed by atoms with Crippen LogP contribution < -0.4 is 10.0 Å². The van der Waals surface area contributed by atoms with Crippen molar-refractivity contribution in [2.75, 3.05) is 18.4 Å². The van der Waals surface area contributed by atoms with Crippen LogP contribution in [0.4, 0.5) is 18.9 Å². The Morgan fingerprint density at radius 1 is 0.977 bits per heavy atom. The third-order valence-corrected chi connectivity index (χ3v) is 8.84. The number of fused-ring (bicyclic) bond motifs is 1. The number of amides is 1. The number of carbonyl (C=O) groups is 1. The number of benzene rings is 3. The van der Waals surface area contributed by atoms with Gasteiger partial charge in [-0.15, -0.1) is 0 Å². The van der Waals surface area contributed by atoms with Crippen molar-refractivity contribution >= 4 is 32.5 Å². The van der Waals surface area contributed by atoms with Gasteiger partial charge in [0.15, 0.2) is 0 Å². The molecule has 0 aliphatic heterocycles. The second-order valence-electron chi connectivity index (χ2n) is 11.1. The topological polar surface area (TPSA) is 118 Å². The number of aromatic hydroxyl groups is 1. The summed E-state index contributed by atoms with van der Waals surface area (Å²) in [5.74, 6) is -0.473. The van der Waals surface area contributed by atoms with Gasteiger partial charge in [-0.1, -0.05) is 30.3 Å². The van der Waals surface area contributed by atoms with Crippen molar-refractivity contribution in [3.05, 3.63) is 89.6 Å². The van der Waals surface area contributed by atoms with Crippen LogP contribution in [0, 0.1) is 0 Å². The first kappa shape index (κ1) is 31.8. The summed E-state index contributed by atoms with van der Waals surface area (Å²) in [5, 5.41) is 12.7. The average Bonchev–Trinajstić information content (AvgIpc) is 2.93. The Balaban J connectivity index is 1.76. The zero-order valence-corrected chi connectivity index (χ0v) is 24.8. The largest absolute Gasteiger partial charge is 0.508 e. The van der Waals surface area contributed by atoms with Gasteiger partial charge in [0.05, 0.1) is 34.2 Å². The highest BCUT2D eigenvalue weighted by molar-refractivity contribution is 7.94. The van der Waals surface area contributed by atoms with Gasteiger partial charge in [-0.3, -0.25) is 9.52 Å². The number of pyridine rings is 1. The Hall–Kier alpha value is -4.16. The molecule has 3 N–H and O–H groups in total. The molecule has 0 fully saturated rings. The van der Waals surface area contributed by atoms with E-state index >= 15 is 0 Å². The number of ether oxygens (including phenoxy) is 1. The predicted molar refractivity (Wildman–Crippen MR) is 159 cm³/mol. The molecule has 228 valence electrons. The molecule has 1 heterocycles. The molecule has 0 aliphatic carbocycles. The Kier molecular flexibility index (Phi) is 9.02. The lowest BCUT2D eigenvalue weighted by molar-refractivity contribution is -0.137. The maximum atomic E-state index is 13.4. The van der Waals surface area contributed by atoms with E-state index in [4.69, 9.17) is 4.74 Å². The number of sulfonamides is 1. The highest BCUT2D eigenvalue weighted by Gasteiger charge is 2.31. The first-order valence-corrected chi connectivity index (χ1v) is 14.8. The third-order valence-electron chi connectivity index (χ3n) is 6.74. The summed E-state index contributed by atoms with van der Waals surface area (Å²) in [4.78, 5) is 17.9. The standard InChI is InChI=1S/C31H32F3N3O5S/c1-30(2,3)43(40,41)37-27-17-28(29(39)35-23(18-42-4)14-19-8-11-24(38)12-9-19)36-26-13-10-21(16-25(26)27)20-6-5-7-22(15-20)31(32,33)34/h5-13,15-17,23,38H,14,18H2,1-4H3,(H,35,39)(H,36,37)/t23-/m0/s1. The first-order chi connectivity index (χ1) is 20.1. The highest BCUT2D eigenvalue weighted by Crippen LogP contribution is 2.35. The molecule has 0 bridgehead atoms. The molecular formula is C31H32F3N3O5S. The zero-order chi connectivity index (χ0) is 31.6. The molecule has 0 saturated carbocycles. The van der Waals surface area contributed by atoms with Crippen molar-refractivity contribution < 1.29 is 36.2 Å². The van der Waals surface area contributed by atoms with Crippen LogP contribution in [0.3, 0.4) is 0 Å². The van der Waals surface area contributed by atoms with Crippen molar-refractivity contribution in [2.45, 2.75) is 44.2 Å². The van der Waals surface area contributed by atoms with Crippen molar-refractivity contribution in [2.24, 2.45) is 0 Å². The number of hydrogen-bond acceptors (Lipinski definition) is 6. The van der Waals surface area contributed by atoms with Crippen LogP contribution in [0.5, 0.6) is 5.75 Å². The smallest absolute Gasteiger partial charge is 0.416 e. The number of alkyl halides is 3. The van der Waals surface area contributed by atoms with E-state index < -0.39 is 38.5 Å². The molecule has 3 aromatic carbocycles. The van der Waals surface area contributed by atoms with E-state index in [1.165, 1.54) is 64.3 Å². The summed E-state index contributed by atoms with van der Waals surface area (Å²) in [6, 6.07) is 16.8. The van der Waals surface area contributed by atoms with Crippen molar-refractivity contribution in [1.29, 1.82) is 0 Å². The number of phenolic OH excluding ortho intramolecular Hbond substituents is 1. The molecule has 0 spiro atoms. The summed E-state index contributed by atoms with van der Waals surface area (Å²) >= 11 is 0. The number of aromatic nitrogens is 1. The molecule has 0 saturated heterocycles. The van der Waals surface area contributed by atoms with Gasteiger partial charge >= 0.3 is 6.18 Å². The van der Waals surface area contributed by atoms with Gasteiger partial charge in [-0.25, -0.2) is 13.4 Å². The molecule has 1 atom stereocenters.